The number of anilines is 2. The number of rotatable bonds is 5. The summed E-state index contributed by atoms with van der Waals surface area (Å²) in [5, 5.41) is 4.67. The van der Waals surface area contributed by atoms with Gasteiger partial charge in [-0.05, 0) is 35.9 Å². The fraction of sp³-hybridized carbons (Fsp3) is 0.138. The Kier molecular flexibility index (Phi) is 5.67. The molecule has 7 heteroatoms. The monoisotopic (exact) mass is 474 g/mol. The van der Waals surface area contributed by atoms with E-state index in [1.807, 2.05) is 48.5 Å². The molecule has 5 aromatic rings. The quantitative estimate of drug-likeness (QED) is 0.322. The summed E-state index contributed by atoms with van der Waals surface area (Å²) in [6.07, 6.45) is 1.69. The first-order chi connectivity index (χ1) is 17.7. The molecule has 4 heterocycles. The van der Waals surface area contributed by atoms with E-state index in [1.54, 1.807) is 18.3 Å². The third kappa shape index (κ3) is 4.21. The SMILES string of the molecule is Nc1ncc(-c2cc3ccccc3[nH]2)cc1C(=O)c1cccc(N2CCNC(c3ccccc3)C2)n1. The lowest BCUT2D eigenvalue weighted by Gasteiger charge is -2.35. The van der Waals surface area contributed by atoms with Gasteiger partial charge in [0.25, 0.3) is 0 Å². The van der Waals surface area contributed by atoms with E-state index in [0.29, 0.717) is 11.3 Å². The number of nitrogens with two attached hydrogens (primary N) is 1. The number of nitrogens with zero attached hydrogens (tertiary/aromatic N) is 3. The van der Waals surface area contributed by atoms with Gasteiger partial charge in [0, 0.05) is 54.0 Å². The smallest absolute Gasteiger partial charge is 0.215 e. The van der Waals surface area contributed by atoms with Gasteiger partial charge in [-0.15, -0.1) is 0 Å². The molecule has 4 N–H and O–H groups in total. The van der Waals surface area contributed by atoms with Gasteiger partial charge in [0.15, 0.2) is 0 Å². The van der Waals surface area contributed by atoms with Gasteiger partial charge in [0.2, 0.25) is 5.78 Å². The molecule has 36 heavy (non-hydrogen) atoms. The van der Waals surface area contributed by atoms with Crippen molar-refractivity contribution < 1.29 is 4.79 Å². The molecule has 1 aliphatic heterocycles. The van der Waals surface area contributed by atoms with E-state index in [4.69, 9.17) is 10.7 Å². The highest BCUT2D eigenvalue weighted by atomic mass is 16.1. The van der Waals surface area contributed by atoms with Crippen LogP contribution in [0.25, 0.3) is 22.2 Å². The Hall–Kier alpha value is -4.49. The number of para-hydroxylation sites is 1. The lowest BCUT2D eigenvalue weighted by atomic mass is 10.0. The summed E-state index contributed by atoms with van der Waals surface area (Å²) >= 11 is 0. The molecule has 0 amide bonds. The van der Waals surface area contributed by atoms with E-state index >= 15 is 0 Å². The van der Waals surface area contributed by atoms with Crippen molar-refractivity contribution in [3.05, 3.63) is 108 Å². The minimum absolute atomic E-state index is 0.193. The topological polar surface area (TPSA) is 99.9 Å². The molecule has 3 aromatic heterocycles. The van der Waals surface area contributed by atoms with Gasteiger partial charge in [0.1, 0.15) is 17.3 Å². The first-order valence-electron chi connectivity index (χ1n) is 12.0. The summed E-state index contributed by atoms with van der Waals surface area (Å²) in [5.74, 6) is 0.731. The van der Waals surface area contributed by atoms with Crippen LogP contribution in [0, 0.1) is 0 Å². The maximum absolute atomic E-state index is 13.5. The number of piperazine rings is 1. The summed E-state index contributed by atoms with van der Waals surface area (Å²) < 4.78 is 0. The zero-order chi connectivity index (χ0) is 24.5. The van der Waals surface area contributed by atoms with Gasteiger partial charge in [0.05, 0.1) is 5.56 Å². The Morgan fingerprint density at radius 2 is 1.81 bits per heavy atom. The molecular formula is C29H26N6O. The van der Waals surface area contributed by atoms with Crippen molar-refractivity contribution in [1.82, 2.24) is 20.3 Å². The van der Waals surface area contributed by atoms with Crippen LogP contribution in [0.2, 0.25) is 0 Å². The fourth-order valence-electron chi connectivity index (χ4n) is 4.76. The number of pyridine rings is 2. The fourth-order valence-corrected chi connectivity index (χ4v) is 4.76. The third-order valence-electron chi connectivity index (χ3n) is 6.67. The molecule has 0 saturated carbocycles. The third-order valence-corrected chi connectivity index (χ3v) is 6.67. The Balaban J connectivity index is 1.28. The second-order valence-corrected chi connectivity index (χ2v) is 9.00. The molecule has 1 unspecified atom stereocenters. The van der Waals surface area contributed by atoms with Gasteiger partial charge in [-0.2, -0.15) is 0 Å². The van der Waals surface area contributed by atoms with Crippen LogP contribution in [0.15, 0.2) is 91.1 Å². The molecule has 1 atom stereocenters. The zero-order valence-corrected chi connectivity index (χ0v) is 19.7. The molecule has 1 aliphatic rings. The number of carbonyl (C=O) groups excluding carboxylic acids is 1. The molecule has 178 valence electrons. The van der Waals surface area contributed by atoms with Crippen molar-refractivity contribution in [2.45, 2.75) is 6.04 Å². The van der Waals surface area contributed by atoms with Crippen LogP contribution < -0.4 is 16.0 Å². The maximum atomic E-state index is 13.5. The second kappa shape index (κ2) is 9.28. The van der Waals surface area contributed by atoms with Crippen LogP contribution in [-0.4, -0.2) is 40.4 Å². The average molecular weight is 475 g/mol. The summed E-state index contributed by atoms with van der Waals surface area (Å²) in [6, 6.07) is 28.0. The molecule has 7 nitrogen and oxygen atoms in total. The number of nitrogens with one attached hydrogen (secondary N) is 2. The predicted molar refractivity (Wildman–Crippen MR) is 143 cm³/mol. The first-order valence-corrected chi connectivity index (χ1v) is 12.0. The minimum atomic E-state index is -0.241. The van der Waals surface area contributed by atoms with Crippen molar-refractivity contribution in [1.29, 1.82) is 0 Å². The van der Waals surface area contributed by atoms with Crippen LogP contribution in [0.1, 0.15) is 27.7 Å². The number of fused-ring (bicyclic) bond motifs is 1. The lowest BCUT2D eigenvalue weighted by molar-refractivity contribution is 0.103. The zero-order valence-electron chi connectivity index (χ0n) is 19.7. The van der Waals surface area contributed by atoms with Gasteiger partial charge in [-0.25, -0.2) is 9.97 Å². The van der Waals surface area contributed by atoms with E-state index in [1.165, 1.54) is 5.56 Å². The Morgan fingerprint density at radius 1 is 0.972 bits per heavy atom. The standard InChI is InChI=1S/C29H26N6O/c30-29-22(15-21(17-32-29)25-16-20-9-4-5-10-23(20)33-25)28(36)24-11-6-12-27(34-24)35-14-13-31-26(18-35)19-7-2-1-3-8-19/h1-12,15-17,26,31,33H,13-14,18H2,(H2,30,32). The van der Waals surface area contributed by atoms with E-state index in [-0.39, 0.29) is 17.6 Å². The second-order valence-electron chi connectivity index (χ2n) is 9.00. The summed E-state index contributed by atoms with van der Waals surface area (Å²) in [6.45, 7) is 2.42. The van der Waals surface area contributed by atoms with Gasteiger partial charge >= 0.3 is 0 Å². The van der Waals surface area contributed by atoms with Crippen molar-refractivity contribution in [3.63, 3.8) is 0 Å². The van der Waals surface area contributed by atoms with E-state index in [2.05, 4.69) is 44.5 Å². The highest BCUT2D eigenvalue weighted by Crippen LogP contribution is 2.27. The van der Waals surface area contributed by atoms with Crippen molar-refractivity contribution in [2.24, 2.45) is 0 Å². The molecule has 0 bridgehead atoms. The van der Waals surface area contributed by atoms with E-state index in [0.717, 1.165) is 47.6 Å². The number of hydrogen-bond donors (Lipinski definition) is 3. The molecule has 0 spiro atoms. The Morgan fingerprint density at radius 3 is 2.67 bits per heavy atom. The molecule has 1 fully saturated rings. The lowest BCUT2D eigenvalue weighted by Crippen LogP contribution is -2.46. The predicted octanol–water partition coefficient (Wildman–Crippen LogP) is 4.59. The van der Waals surface area contributed by atoms with E-state index in [9.17, 15) is 4.79 Å². The largest absolute Gasteiger partial charge is 0.383 e. The van der Waals surface area contributed by atoms with Crippen LogP contribution in [0.3, 0.4) is 0 Å². The first kappa shape index (κ1) is 22.0. The maximum Gasteiger partial charge on any atom is 0.215 e. The van der Waals surface area contributed by atoms with Crippen LogP contribution in [-0.2, 0) is 0 Å². The van der Waals surface area contributed by atoms with Crippen LogP contribution in [0.5, 0.6) is 0 Å². The number of aromatic nitrogens is 3. The Bertz CT molecular complexity index is 1510. The number of ketones is 1. The molecule has 1 saturated heterocycles. The minimum Gasteiger partial charge on any atom is -0.383 e. The normalized spacial score (nSPS) is 15.8. The molecule has 0 radical (unpaired) electrons. The molecule has 6 rings (SSSR count). The number of benzene rings is 2. The highest BCUT2D eigenvalue weighted by molar-refractivity contribution is 6.11. The van der Waals surface area contributed by atoms with Crippen LogP contribution >= 0.6 is 0 Å². The van der Waals surface area contributed by atoms with Crippen molar-refractivity contribution in [3.8, 4) is 11.3 Å². The van der Waals surface area contributed by atoms with Crippen molar-refractivity contribution >= 4 is 28.3 Å². The number of hydrogen-bond acceptors (Lipinski definition) is 6. The van der Waals surface area contributed by atoms with Gasteiger partial charge < -0.3 is 20.9 Å². The summed E-state index contributed by atoms with van der Waals surface area (Å²) in [4.78, 5) is 28.2. The number of carbonyl (C=O) groups is 1. The number of aromatic amines is 1. The van der Waals surface area contributed by atoms with Gasteiger partial charge in [-0.3, -0.25) is 4.79 Å². The summed E-state index contributed by atoms with van der Waals surface area (Å²) in [7, 11) is 0. The average Bonchev–Trinajstić information content (AvgIpc) is 3.38. The number of H-pyrrole nitrogens is 1. The Labute approximate surface area is 209 Å². The highest BCUT2D eigenvalue weighted by Gasteiger charge is 2.23. The number of nitrogen functional groups attached to an aromatic ring is 1. The van der Waals surface area contributed by atoms with Crippen molar-refractivity contribution in [2.75, 3.05) is 30.3 Å². The van der Waals surface area contributed by atoms with E-state index < -0.39 is 0 Å². The van der Waals surface area contributed by atoms with Gasteiger partial charge in [-0.1, -0.05) is 54.6 Å². The summed E-state index contributed by atoms with van der Waals surface area (Å²) in [5.41, 5.74) is 10.8. The molecular weight excluding hydrogens is 448 g/mol. The van der Waals surface area contributed by atoms with Crippen LogP contribution in [0.4, 0.5) is 11.6 Å². The molecule has 0 aliphatic carbocycles. The molecule has 2 aromatic carbocycles.